The zero-order valence-electron chi connectivity index (χ0n) is 12.4. The van der Waals surface area contributed by atoms with Crippen LogP contribution >= 0.6 is 0 Å². The van der Waals surface area contributed by atoms with E-state index in [2.05, 4.69) is 18.0 Å². The SMILES string of the molecule is Cc1cccc2[nH]cc(CC(=O)N3CCCC(CO)C3)c12. The van der Waals surface area contributed by atoms with Gasteiger partial charge in [0, 0.05) is 36.8 Å². The molecule has 1 fully saturated rings. The summed E-state index contributed by atoms with van der Waals surface area (Å²) in [6.07, 6.45) is 4.39. The molecular weight excluding hydrogens is 264 g/mol. The van der Waals surface area contributed by atoms with E-state index in [9.17, 15) is 9.90 Å². The maximum atomic E-state index is 12.5. The summed E-state index contributed by atoms with van der Waals surface area (Å²) in [6, 6.07) is 6.14. The molecule has 0 bridgehead atoms. The van der Waals surface area contributed by atoms with Crippen LogP contribution in [0.15, 0.2) is 24.4 Å². The maximum Gasteiger partial charge on any atom is 0.227 e. The van der Waals surface area contributed by atoms with Gasteiger partial charge in [-0.1, -0.05) is 12.1 Å². The lowest BCUT2D eigenvalue weighted by atomic mass is 9.98. The van der Waals surface area contributed by atoms with E-state index in [-0.39, 0.29) is 18.4 Å². The number of H-pyrrole nitrogens is 1. The van der Waals surface area contributed by atoms with Gasteiger partial charge < -0.3 is 15.0 Å². The fourth-order valence-corrected chi connectivity index (χ4v) is 3.31. The lowest BCUT2D eigenvalue weighted by Crippen LogP contribution is -2.41. The first kappa shape index (κ1) is 14.1. The van der Waals surface area contributed by atoms with Crippen LogP contribution in [-0.4, -0.2) is 40.6 Å². The van der Waals surface area contributed by atoms with E-state index in [4.69, 9.17) is 0 Å². The Labute approximate surface area is 124 Å². The molecule has 2 N–H and O–H groups in total. The molecule has 2 aromatic rings. The van der Waals surface area contributed by atoms with Crippen LogP contribution in [-0.2, 0) is 11.2 Å². The number of nitrogens with zero attached hydrogens (tertiary/aromatic N) is 1. The number of fused-ring (bicyclic) bond motifs is 1. The van der Waals surface area contributed by atoms with Gasteiger partial charge in [-0.3, -0.25) is 4.79 Å². The number of rotatable bonds is 3. The number of likely N-dealkylation sites (tertiary alicyclic amines) is 1. The summed E-state index contributed by atoms with van der Waals surface area (Å²) in [5.41, 5.74) is 3.35. The first-order chi connectivity index (χ1) is 10.2. The van der Waals surface area contributed by atoms with Gasteiger partial charge in [-0.2, -0.15) is 0 Å². The lowest BCUT2D eigenvalue weighted by Gasteiger charge is -2.31. The fourth-order valence-electron chi connectivity index (χ4n) is 3.31. The van der Waals surface area contributed by atoms with Gasteiger partial charge in [-0.05, 0) is 42.9 Å². The quantitative estimate of drug-likeness (QED) is 0.909. The molecule has 1 atom stereocenters. The Balaban J connectivity index is 1.77. The van der Waals surface area contributed by atoms with Gasteiger partial charge in [0.1, 0.15) is 0 Å². The molecule has 1 aliphatic rings. The van der Waals surface area contributed by atoms with Gasteiger partial charge in [0.25, 0.3) is 0 Å². The molecule has 21 heavy (non-hydrogen) atoms. The number of hydrogen-bond acceptors (Lipinski definition) is 2. The number of aryl methyl sites for hydroxylation is 1. The summed E-state index contributed by atoms with van der Waals surface area (Å²) in [4.78, 5) is 17.7. The minimum absolute atomic E-state index is 0.164. The summed E-state index contributed by atoms with van der Waals surface area (Å²) in [5.74, 6) is 0.407. The van der Waals surface area contributed by atoms with Crippen molar-refractivity contribution >= 4 is 16.8 Å². The number of nitrogens with one attached hydrogen (secondary N) is 1. The predicted octanol–water partition coefficient (Wildman–Crippen LogP) is 2.25. The number of carbonyl (C=O) groups excluding carboxylic acids is 1. The Morgan fingerprint density at radius 2 is 2.33 bits per heavy atom. The summed E-state index contributed by atoms with van der Waals surface area (Å²) >= 11 is 0. The molecule has 2 heterocycles. The third-order valence-corrected chi connectivity index (χ3v) is 4.47. The highest BCUT2D eigenvalue weighted by Gasteiger charge is 2.23. The van der Waals surface area contributed by atoms with Crippen molar-refractivity contribution in [2.45, 2.75) is 26.2 Å². The molecule has 3 rings (SSSR count). The molecule has 0 aliphatic carbocycles. The third kappa shape index (κ3) is 2.81. The van der Waals surface area contributed by atoms with Gasteiger partial charge in [-0.15, -0.1) is 0 Å². The van der Waals surface area contributed by atoms with E-state index in [0.717, 1.165) is 30.5 Å². The van der Waals surface area contributed by atoms with E-state index in [1.165, 1.54) is 10.9 Å². The lowest BCUT2D eigenvalue weighted by molar-refractivity contribution is -0.132. The van der Waals surface area contributed by atoms with E-state index in [1.54, 1.807) is 0 Å². The number of piperidine rings is 1. The van der Waals surface area contributed by atoms with E-state index in [1.807, 2.05) is 23.2 Å². The van der Waals surface area contributed by atoms with Gasteiger partial charge in [-0.25, -0.2) is 0 Å². The average molecular weight is 286 g/mol. The van der Waals surface area contributed by atoms with Crippen molar-refractivity contribution < 1.29 is 9.90 Å². The number of aromatic amines is 1. The molecule has 1 saturated heterocycles. The molecule has 0 spiro atoms. The summed E-state index contributed by atoms with van der Waals surface area (Å²) < 4.78 is 0. The average Bonchev–Trinajstić information content (AvgIpc) is 2.92. The van der Waals surface area contributed by atoms with Crippen LogP contribution in [0.3, 0.4) is 0 Å². The molecule has 4 heteroatoms. The van der Waals surface area contributed by atoms with Crippen LogP contribution in [0.1, 0.15) is 24.0 Å². The van der Waals surface area contributed by atoms with Crippen LogP contribution in [0.4, 0.5) is 0 Å². The van der Waals surface area contributed by atoms with Crippen molar-refractivity contribution in [1.82, 2.24) is 9.88 Å². The monoisotopic (exact) mass is 286 g/mol. The topological polar surface area (TPSA) is 56.3 Å². The summed E-state index contributed by atoms with van der Waals surface area (Å²) in [6.45, 7) is 3.76. The standard InChI is InChI=1S/C17H22N2O2/c1-12-4-2-6-15-17(12)14(9-18-15)8-16(21)19-7-3-5-13(10-19)11-20/h2,4,6,9,13,18,20H,3,5,7-8,10-11H2,1H3. The summed E-state index contributed by atoms with van der Waals surface area (Å²) in [5, 5.41) is 10.5. The number of carbonyl (C=O) groups is 1. The van der Waals surface area contributed by atoms with Crippen LogP contribution in [0.25, 0.3) is 10.9 Å². The van der Waals surface area contributed by atoms with E-state index < -0.39 is 0 Å². The number of aromatic nitrogens is 1. The van der Waals surface area contributed by atoms with Crippen molar-refractivity contribution in [3.05, 3.63) is 35.5 Å². The molecule has 112 valence electrons. The molecule has 1 aromatic heterocycles. The number of benzene rings is 1. The Morgan fingerprint density at radius 3 is 3.14 bits per heavy atom. The second-order valence-electron chi connectivity index (χ2n) is 6.02. The molecule has 4 nitrogen and oxygen atoms in total. The molecule has 0 radical (unpaired) electrons. The zero-order chi connectivity index (χ0) is 14.8. The maximum absolute atomic E-state index is 12.5. The first-order valence-electron chi connectivity index (χ1n) is 7.63. The van der Waals surface area contributed by atoms with Gasteiger partial charge >= 0.3 is 0 Å². The Morgan fingerprint density at radius 1 is 1.48 bits per heavy atom. The smallest absolute Gasteiger partial charge is 0.227 e. The number of amides is 1. The second kappa shape index (κ2) is 5.90. The first-order valence-corrected chi connectivity index (χ1v) is 7.63. The van der Waals surface area contributed by atoms with Crippen molar-refractivity contribution in [2.24, 2.45) is 5.92 Å². The third-order valence-electron chi connectivity index (χ3n) is 4.47. The van der Waals surface area contributed by atoms with Gasteiger partial charge in [0.05, 0.1) is 6.42 Å². The highest BCUT2D eigenvalue weighted by molar-refractivity contribution is 5.91. The van der Waals surface area contributed by atoms with Crippen LogP contribution in [0.2, 0.25) is 0 Å². The minimum Gasteiger partial charge on any atom is -0.396 e. The Hall–Kier alpha value is -1.81. The number of aliphatic hydroxyl groups excluding tert-OH is 1. The van der Waals surface area contributed by atoms with Crippen LogP contribution in [0.5, 0.6) is 0 Å². The molecule has 1 aromatic carbocycles. The Kier molecular flexibility index (Phi) is 3.97. The molecule has 1 unspecified atom stereocenters. The number of hydrogen-bond donors (Lipinski definition) is 2. The second-order valence-corrected chi connectivity index (χ2v) is 6.02. The van der Waals surface area contributed by atoms with Crippen molar-refractivity contribution in [3.8, 4) is 0 Å². The molecular formula is C17H22N2O2. The minimum atomic E-state index is 0.164. The van der Waals surface area contributed by atoms with E-state index >= 15 is 0 Å². The largest absolute Gasteiger partial charge is 0.396 e. The van der Waals surface area contributed by atoms with Crippen molar-refractivity contribution in [3.63, 3.8) is 0 Å². The van der Waals surface area contributed by atoms with Gasteiger partial charge in [0.2, 0.25) is 5.91 Å². The highest BCUT2D eigenvalue weighted by Crippen LogP contribution is 2.24. The van der Waals surface area contributed by atoms with Crippen molar-refractivity contribution in [1.29, 1.82) is 0 Å². The van der Waals surface area contributed by atoms with Crippen molar-refractivity contribution in [2.75, 3.05) is 19.7 Å². The molecule has 0 saturated carbocycles. The highest BCUT2D eigenvalue weighted by atomic mass is 16.3. The zero-order valence-corrected chi connectivity index (χ0v) is 12.4. The van der Waals surface area contributed by atoms with Crippen LogP contribution < -0.4 is 0 Å². The molecule has 1 aliphatic heterocycles. The van der Waals surface area contributed by atoms with Gasteiger partial charge in [0.15, 0.2) is 0 Å². The Bertz CT molecular complexity index is 647. The fraction of sp³-hybridized carbons (Fsp3) is 0.471. The summed E-state index contributed by atoms with van der Waals surface area (Å²) in [7, 11) is 0. The normalized spacial score (nSPS) is 19.1. The van der Waals surface area contributed by atoms with Crippen LogP contribution in [0, 0.1) is 12.8 Å². The molecule has 1 amide bonds. The predicted molar refractivity (Wildman–Crippen MR) is 83.1 cm³/mol. The number of aliphatic hydroxyl groups is 1. The van der Waals surface area contributed by atoms with E-state index in [0.29, 0.717) is 13.0 Å².